The van der Waals surface area contributed by atoms with Gasteiger partial charge in [0.2, 0.25) is 0 Å². The second-order valence-corrected chi connectivity index (χ2v) is 3.54. The van der Waals surface area contributed by atoms with Crippen LogP contribution in [0.5, 0.6) is 0 Å². The van der Waals surface area contributed by atoms with Crippen molar-refractivity contribution < 1.29 is 5.21 Å². The zero-order valence-corrected chi connectivity index (χ0v) is 7.58. The van der Waals surface area contributed by atoms with Gasteiger partial charge in [-0.15, -0.1) is 0 Å². The van der Waals surface area contributed by atoms with Crippen LogP contribution in [0, 0.1) is 5.92 Å². The van der Waals surface area contributed by atoms with Crippen molar-refractivity contribution in [2.24, 2.45) is 5.92 Å². The normalized spacial score (nSPS) is 34.1. The third-order valence-electron chi connectivity index (χ3n) is 2.82. The fraction of sp³-hybridized carbons (Fsp3) is 1.00. The molecule has 1 N–H and O–H groups in total. The minimum atomic E-state index is 0.429. The molecule has 0 radical (unpaired) electrons. The first kappa shape index (κ1) is 9.01. The second kappa shape index (κ2) is 4.07. The molecule has 1 aliphatic rings. The zero-order valence-electron chi connectivity index (χ0n) is 7.58. The standard InChI is InChI=1S/C9H19NO/c1-3-8-5-6-9(4-2)10(11)7-8/h8-9,11H,3-7H2,1-2H3. The average Bonchev–Trinajstić information content (AvgIpc) is 2.04. The second-order valence-electron chi connectivity index (χ2n) is 3.54. The molecule has 1 aliphatic heterocycles. The van der Waals surface area contributed by atoms with E-state index in [-0.39, 0.29) is 0 Å². The van der Waals surface area contributed by atoms with E-state index in [0.717, 1.165) is 18.9 Å². The Balaban J connectivity index is 2.34. The van der Waals surface area contributed by atoms with Crippen molar-refractivity contribution in [2.45, 2.75) is 45.6 Å². The lowest BCUT2D eigenvalue weighted by molar-refractivity contribution is -0.155. The highest BCUT2D eigenvalue weighted by atomic mass is 16.5. The molecule has 0 aliphatic carbocycles. The summed E-state index contributed by atoms with van der Waals surface area (Å²) in [5.41, 5.74) is 0. The third kappa shape index (κ3) is 2.17. The fourth-order valence-corrected chi connectivity index (χ4v) is 1.83. The number of rotatable bonds is 2. The molecule has 0 amide bonds. The van der Waals surface area contributed by atoms with E-state index in [9.17, 15) is 5.21 Å². The van der Waals surface area contributed by atoms with Gasteiger partial charge in [0.05, 0.1) is 0 Å². The van der Waals surface area contributed by atoms with Crippen LogP contribution in [-0.2, 0) is 0 Å². The molecule has 2 heteroatoms. The highest BCUT2D eigenvalue weighted by Gasteiger charge is 2.24. The summed E-state index contributed by atoms with van der Waals surface area (Å²) in [7, 11) is 0. The Hall–Kier alpha value is -0.0800. The first-order valence-electron chi connectivity index (χ1n) is 4.73. The highest BCUT2D eigenvalue weighted by molar-refractivity contribution is 4.74. The van der Waals surface area contributed by atoms with Crippen LogP contribution in [0.3, 0.4) is 0 Å². The minimum Gasteiger partial charge on any atom is -0.314 e. The first-order valence-corrected chi connectivity index (χ1v) is 4.73. The summed E-state index contributed by atoms with van der Waals surface area (Å²) in [6, 6.07) is 0.429. The van der Waals surface area contributed by atoms with Gasteiger partial charge in [-0.05, 0) is 25.2 Å². The summed E-state index contributed by atoms with van der Waals surface area (Å²) < 4.78 is 0. The molecule has 0 aromatic carbocycles. The minimum absolute atomic E-state index is 0.429. The summed E-state index contributed by atoms with van der Waals surface area (Å²) in [4.78, 5) is 0. The molecule has 0 spiro atoms. The van der Waals surface area contributed by atoms with E-state index in [1.165, 1.54) is 24.3 Å². The lowest BCUT2D eigenvalue weighted by Crippen LogP contribution is -2.40. The monoisotopic (exact) mass is 157 g/mol. The molecule has 0 aromatic heterocycles. The average molecular weight is 157 g/mol. The van der Waals surface area contributed by atoms with Crippen LogP contribution in [0.4, 0.5) is 0 Å². The molecule has 0 saturated carbocycles. The van der Waals surface area contributed by atoms with Crippen LogP contribution in [0.15, 0.2) is 0 Å². The Kier molecular flexibility index (Phi) is 3.34. The van der Waals surface area contributed by atoms with Crippen molar-refractivity contribution in [1.29, 1.82) is 0 Å². The number of piperidine rings is 1. The first-order chi connectivity index (χ1) is 5.27. The number of hydrogen-bond donors (Lipinski definition) is 1. The van der Waals surface area contributed by atoms with Crippen LogP contribution in [0.1, 0.15) is 39.5 Å². The maximum atomic E-state index is 9.50. The predicted octanol–water partition coefficient (Wildman–Crippen LogP) is 2.28. The molecule has 1 rings (SSSR count). The molecule has 2 atom stereocenters. The zero-order chi connectivity index (χ0) is 8.27. The van der Waals surface area contributed by atoms with Crippen molar-refractivity contribution in [3.63, 3.8) is 0 Å². The Bertz CT molecular complexity index is 116. The summed E-state index contributed by atoms with van der Waals surface area (Å²) in [5, 5.41) is 11.0. The van der Waals surface area contributed by atoms with Crippen molar-refractivity contribution in [3.05, 3.63) is 0 Å². The molecule has 1 heterocycles. The SMILES string of the molecule is CCC1CCC(CC)N(O)C1. The molecule has 2 nitrogen and oxygen atoms in total. The lowest BCUT2D eigenvalue weighted by atomic mass is 9.91. The van der Waals surface area contributed by atoms with Crippen LogP contribution >= 0.6 is 0 Å². The van der Waals surface area contributed by atoms with Gasteiger partial charge in [0.1, 0.15) is 0 Å². The van der Waals surface area contributed by atoms with Gasteiger partial charge in [-0.2, -0.15) is 5.06 Å². The van der Waals surface area contributed by atoms with Gasteiger partial charge in [0.25, 0.3) is 0 Å². The maximum absolute atomic E-state index is 9.50. The smallest absolute Gasteiger partial charge is 0.0347 e. The Labute approximate surface area is 69.2 Å². The summed E-state index contributed by atoms with van der Waals surface area (Å²) in [5.74, 6) is 0.725. The maximum Gasteiger partial charge on any atom is 0.0347 e. The molecule has 2 unspecified atom stereocenters. The van der Waals surface area contributed by atoms with E-state index in [4.69, 9.17) is 0 Å². The van der Waals surface area contributed by atoms with E-state index in [1.807, 2.05) is 0 Å². The van der Waals surface area contributed by atoms with Gasteiger partial charge in [0, 0.05) is 12.6 Å². The van der Waals surface area contributed by atoms with E-state index < -0.39 is 0 Å². The van der Waals surface area contributed by atoms with Gasteiger partial charge in [0.15, 0.2) is 0 Å². The van der Waals surface area contributed by atoms with Crippen molar-refractivity contribution in [2.75, 3.05) is 6.54 Å². The topological polar surface area (TPSA) is 23.5 Å². The van der Waals surface area contributed by atoms with Crippen LogP contribution in [-0.4, -0.2) is 22.9 Å². The fourth-order valence-electron chi connectivity index (χ4n) is 1.83. The Morgan fingerprint density at radius 1 is 1.27 bits per heavy atom. The molecule has 11 heavy (non-hydrogen) atoms. The van der Waals surface area contributed by atoms with E-state index in [2.05, 4.69) is 13.8 Å². The van der Waals surface area contributed by atoms with Gasteiger partial charge in [-0.1, -0.05) is 20.3 Å². The number of nitrogens with zero attached hydrogens (tertiary/aromatic N) is 1. The number of hydroxylamine groups is 2. The Morgan fingerprint density at radius 2 is 2.00 bits per heavy atom. The highest BCUT2D eigenvalue weighted by Crippen LogP contribution is 2.23. The molecule has 0 aromatic rings. The quantitative estimate of drug-likeness (QED) is 0.664. The van der Waals surface area contributed by atoms with Gasteiger partial charge in [-0.3, -0.25) is 0 Å². The van der Waals surface area contributed by atoms with Crippen molar-refractivity contribution in [3.8, 4) is 0 Å². The summed E-state index contributed by atoms with van der Waals surface area (Å²) in [6.45, 7) is 5.22. The Morgan fingerprint density at radius 3 is 2.45 bits per heavy atom. The van der Waals surface area contributed by atoms with E-state index >= 15 is 0 Å². The van der Waals surface area contributed by atoms with Gasteiger partial charge in [-0.25, -0.2) is 0 Å². The third-order valence-corrected chi connectivity index (χ3v) is 2.82. The van der Waals surface area contributed by atoms with Gasteiger partial charge >= 0.3 is 0 Å². The molecular weight excluding hydrogens is 138 g/mol. The van der Waals surface area contributed by atoms with E-state index in [0.29, 0.717) is 6.04 Å². The summed E-state index contributed by atoms with van der Waals surface area (Å²) >= 11 is 0. The molecule has 1 fully saturated rings. The molecular formula is C9H19NO. The van der Waals surface area contributed by atoms with Crippen LogP contribution < -0.4 is 0 Å². The predicted molar refractivity (Wildman–Crippen MR) is 45.6 cm³/mol. The molecule has 1 saturated heterocycles. The lowest BCUT2D eigenvalue weighted by Gasteiger charge is -2.34. The van der Waals surface area contributed by atoms with Crippen LogP contribution in [0.25, 0.3) is 0 Å². The van der Waals surface area contributed by atoms with Crippen LogP contribution in [0.2, 0.25) is 0 Å². The van der Waals surface area contributed by atoms with Gasteiger partial charge < -0.3 is 5.21 Å². The van der Waals surface area contributed by atoms with Crippen molar-refractivity contribution in [1.82, 2.24) is 5.06 Å². The van der Waals surface area contributed by atoms with Crippen molar-refractivity contribution >= 4 is 0 Å². The van der Waals surface area contributed by atoms with E-state index in [1.54, 1.807) is 0 Å². The summed E-state index contributed by atoms with van der Waals surface area (Å²) in [6.07, 6.45) is 4.75. The largest absolute Gasteiger partial charge is 0.314 e. The number of hydrogen-bond acceptors (Lipinski definition) is 2. The molecule has 0 bridgehead atoms. The molecule has 66 valence electrons.